The number of ketones is 1. The van der Waals surface area contributed by atoms with E-state index in [4.69, 9.17) is 4.74 Å². The average Bonchev–Trinajstić information content (AvgIpc) is 3.03. The van der Waals surface area contributed by atoms with Gasteiger partial charge in [-0.25, -0.2) is 13.6 Å². The van der Waals surface area contributed by atoms with E-state index in [2.05, 4.69) is 5.32 Å². The number of halogens is 2. The first-order valence-electron chi connectivity index (χ1n) is 8.61. The van der Waals surface area contributed by atoms with Crippen LogP contribution >= 0.6 is 0 Å². The van der Waals surface area contributed by atoms with Gasteiger partial charge in [-0.05, 0) is 18.2 Å². The zero-order chi connectivity index (χ0) is 19.6. The van der Waals surface area contributed by atoms with E-state index in [-0.39, 0.29) is 49.1 Å². The Bertz CT molecular complexity index is 812. The fraction of sp³-hybridized carbons (Fsp3) is 0.389. The molecule has 1 aromatic carbocycles. The summed E-state index contributed by atoms with van der Waals surface area (Å²) in [5, 5.41) is 2.60. The lowest BCUT2D eigenvalue weighted by Crippen LogP contribution is -2.34. The number of hydrogen-bond acceptors (Lipinski definition) is 5. The van der Waals surface area contributed by atoms with Crippen LogP contribution in [0.2, 0.25) is 0 Å². The summed E-state index contributed by atoms with van der Waals surface area (Å²) < 4.78 is 34.3. The third kappa shape index (κ3) is 3.91. The molecule has 2 aliphatic rings. The van der Waals surface area contributed by atoms with Crippen LogP contribution in [0.3, 0.4) is 0 Å². The first-order chi connectivity index (χ1) is 12.9. The molecule has 3 rings (SSSR count). The molecule has 9 heteroatoms. The van der Waals surface area contributed by atoms with Crippen LogP contribution in [0.15, 0.2) is 24.4 Å². The van der Waals surface area contributed by atoms with Gasteiger partial charge in [-0.1, -0.05) is 6.92 Å². The predicted octanol–water partition coefficient (Wildman–Crippen LogP) is 2.11. The molecule has 2 heterocycles. The molecule has 1 N–H and O–H groups in total. The first kappa shape index (κ1) is 18.8. The van der Waals surface area contributed by atoms with Crippen LogP contribution in [0.5, 0.6) is 0 Å². The minimum absolute atomic E-state index is 0.00332. The van der Waals surface area contributed by atoms with Crippen molar-refractivity contribution < 1.29 is 27.9 Å². The molecule has 0 aromatic heterocycles. The van der Waals surface area contributed by atoms with E-state index in [0.29, 0.717) is 6.42 Å². The van der Waals surface area contributed by atoms with E-state index in [1.54, 1.807) is 6.92 Å². The number of hydrogen-bond donors (Lipinski definition) is 1. The predicted molar refractivity (Wildman–Crippen MR) is 93.4 cm³/mol. The summed E-state index contributed by atoms with van der Waals surface area (Å²) in [6.07, 6.45) is 1.76. The number of benzene rings is 1. The molecule has 0 bridgehead atoms. The fourth-order valence-corrected chi connectivity index (χ4v) is 2.90. The standard InChI is InChI=1S/C18H19F2N3O4/c1-2-15(25)21-9-12-10-23(18(26)27-12)14-4-3-13(16(19)17(14)20)22-7-5-11(24)6-8-22/h3-5,7,12H,2,6,8-10H2,1H3,(H,21,25)/t12-/m0/s1. The first-order valence-corrected chi connectivity index (χ1v) is 8.61. The van der Waals surface area contributed by atoms with Crippen molar-refractivity contribution in [2.45, 2.75) is 25.9 Å². The highest BCUT2D eigenvalue weighted by Gasteiger charge is 2.35. The highest BCUT2D eigenvalue weighted by Crippen LogP contribution is 2.32. The molecule has 1 saturated heterocycles. The Morgan fingerprint density at radius 1 is 1.26 bits per heavy atom. The van der Waals surface area contributed by atoms with Gasteiger partial charge in [0, 0.05) is 25.6 Å². The van der Waals surface area contributed by atoms with E-state index in [1.807, 2.05) is 0 Å². The lowest BCUT2D eigenvalue weighted by Gasteiger charge is -2.24. The number of carbonyl (C=O) groups is 3. The second-order valence-electron chi connectivity index (χ2n) is 6.23. The Hall–Kier alpha value is -2.97. The highest BCUT2D eigenvalue weighted by atomic mass is 19.2. The lowest BCUT2D eigenvalue weighted by atomic mass is 10.1. The van der Waals surface area contributed by atoms with Crippen molar-refractivity contribution in [2.24, 2.45) is 0 Å². The summed E-state index contributed by atoms with van der Waals surface area (Å²) in [6.45, 7) is 2.03. The summed E-state index contributed by atoms with van der Waals surface area (Å²) in [5.74, 6) is -2.56. The molecule has 0 unspecified atom stereocenters. The van der Waals surface area contributed by atoms with Gasteiger partial charge in [0.15, 0.2) is 17.4 Å². The van der Waals surface area contributed by atoms with E-state index in [0.717, 1.165) is 4.90 Å². The Kier molecular flexibility index (Phi) is 5.38. The molecule has 2 aliphatic heterocycles. The molecule has 0 spiro atoms. The second-order valence-corrected chi connectivity index (χ2v) is 6.23. The molecular weight excluding hydrogens is 360 g/mol. The van der Waals surface area contributed by atoms with Crippen LogP contribution < -0.4 is 15.1 Å². The summed E-state index contributed by atoms with van der Waals surface area (Å²) in [5.41, 5.74) is -0.248. The quantitative estimate of drug-likeness (QED) is 0.848. The number of allylic oxidation sites excluding steroid dienone is 1. The molecule has 2 amide bonds. The van der Waals surface area contributed by atoms with Crippen molar-refractivity contribution in [3.63, 3.8) is 0 Å². The van der Waals surface area contributed by atoms with Crippen molar-refractivity contribution in [2.75, 3.05) is 29.4 Å². The van der Waals surface area contributed by atoms with Gasteiger partial charge in [-0.15, -0.1) is 0 Å². The molecule has 144 valence electrons. The highest BCUT2D eigenvalue weighted by molar-refractivity contribution is 5.92. The van der Waals surface area contributed by atoms with E-state index >= 15 is 0 Å². The summed E-state index contributed by atoms with van der Waals surface area (Å²) >= 11 is 0. The van der Waals surface area contributed by atoms with Gasteiger partial charge in [0.05, 0.1) is 24.5 Å². The second kappa shape index (κ2) is 7.73. The van der Waals surface area contributed by atoms with Gasteiger partial charge < -0.3 is 15.0 Å². The minimum Gasteiger partial charge on any atom is -0.442 e. The van der Waals surface area contributed by atoms with Crippen LogP contribution in [0.1, 0.15) is 19.8 Å². The molecule has 1 aromatic rings. The van der Waals surface area contributed by atoms with Crippen LogP contribution in [0.4, 0.5) is 25.0 Å². The molecule has 27 heavy (non-hydrogen) atoms. The maximum atomic E-state index is 14.6. The SMILES string of the molecule is CCC(=O)NC[C@H]1CN(c2ccc(N3C=CC(=O)CC3)c(F)c2F)C(=O)O1. The number of amides is 2. The van der Waals surface area contributed by atoms with Gasteiger partial charge in [0.1, 0.15) is 6.10 Å². The zero-order valence-electron chi connectivity index (χ0n) is 14.7. The molecule has 0 radical (unpaired) electrons. The number of rotatable bonds is 5. The average molecular weight is 379 g/mol. The fourth-order valence-electron chi connectivity index (χ4n) is 2.90. The molecule has 7 nitrogen and oxygen atoms in total. The topological polar surface area (TPSA) is 79.0 Å². The van der Waals surface area contributed by atoms with E-state index < -0.39 is 23.8 Å². The number of nitrogens with zero attached hydrogens (tertiary/aromatic N) is 2. The minimum atomic E-state index is -1.17. The van der Waals surface area contributed by atoms with Crippen LogP contribution in [0, 0.1) is 11.6 Å². The third-order valence-corrected chi connectivity index (χ3v) is 4.40. The molecule has 0 saturated carbocycles. The number of cyclic esters (lactones) is 1. The van der Waals surface area contributed by atoms with E-state index in [9.17, 15) is 23.2 Å². The number of ether oxygens (including phenoxy) is 1. The molecule has 1 fully saturated rings. The maximum absolute atomic E-state index is 14.6. The maximum Gasteiger partial charge on any atom is 0.414 e. The van der Waals surface area contributed by atoms with Crippen molar-refractivity contribution in [1.29, 1.82) is 0 Å². The normalized spacial score (nSPS) is 19.4. The Morgan fingerprint density at radius 3 is 2.63 bits per heavy atom. The van der Waals surface area contributed by atoms with E-state index in [1.165, 1.54) is 29.3 Å². The Balaban J connectivity index is 1.76. The van der Waals surface area contributed by atoms with Gasteiger partial charge in [0.2, 0.25) is 5.91 Å². The molecule has 1 atom stereocenters. The largest absolute Gasteiger partial charge is 0.442 e. The summed E-state index contributed by atoms with van der Waals surface area (Å²) in [4.78, 5) is 37.0. The van der Waals surface area contributed by atoms with Crippen LogP contribution in [0.25, 0.3) is 0 Å². The summed E-state index contributed by atoms with van der Waals surface area (Å²) in [7, 11) is 0. The van der Waals surface area contributed by atoms with Crippen molar-refractivity contribution in [1.82, 2.24) is 5.32 Å². The monoisotopic (exact) mass is 379 g/mol. The van der Waals surface area contributed by atoms with Crippen molar-refractivity contribution >= 4 is 29.2 Å². The zero-order valence-corrected chi connectivity index (χ0v) is 14.7. The van der Waals surface area contributed by atoms with Gasteiger partial charge in [-0.2, -0.15) is 0 Å². The number of nitrogens with one attached hydrogen (secondary N) is 1. The van der Waals surface area contributed by atoms with Crippen molar-refractivity contribution in [3.8, 4) is 0 Å². The number of carbonyl (C=O) groups excluding carboxylic acids is 3. The lowest BCUT2D eigenvalue weighted by molar-refractivity contribution is -0.121. The van der Waals surface area contributed by atoms with Gasteiger partial charge in [0.25, 0.3) is 0 Å². The van der Waals surface area contributed by atoms with Crippen LogP contribution in [-0.2, 0) is 14.3 Å². The van der Waals surface area contributed by atoms with Gasteiger partial charge in [-0.3, -0.25) is 14.5 Å². The van der Waals surface area contributed by atoms with Crippen LogP contribution in [-0.4, -0.2) is 43.5 Å². The Labute approximate surface area is 154 Å². The third-order valence-electron chi connectivity index (χ3n) is 4.40. The Morgan fingerprint density at radius 2 is 1.96 bits per heavy atom. The van der Waals surface area contributed by atoms with Gasteiger partial charge >= 0.3 is 6.09 Å². The smallest absolute Gasteiger partial charge is 0.414 e. The summed E-state index contributed by atoms with van der Waals surface area (Å²) in [6, 6.07) is 2.65. The van der Waals surface area contributed by atoms with Crippen molar-refractivity contribution in [3.05, 3.63) is 36.0 Å². The molecular formula is C18H19F2N3O4. The number of anilines is 2. The molecule has 0 aliphatic carbocycles.